The molecular weight excluding hydrogens is 454 g/mol. The Hall–Kier alpha value is -4.41. The number of nitrogen functional groups attached to an aromatic ring is 1. The molecule has 35 heavy (non-hydrogen) atoms. The van der Waals surface area contributed by atoms with E-state index in [-0.39, 0.29) is 24.8 Å². The van der Waals surface area contributed by atoms with Crippen LogP contribution in [0.2, 0.25) is 0 Å². The highest BCUT2D eigenvalue weighted by molar-refractivity contribution is 6.00. The van der Waals surface area contributed by atoms with Crippen LogP contribution in [0.1, 0.15) is 30.9 Å². The molecule has 1 aliphatic heterocycles. The predicted octanol–water partition coefficient (Wildman–Crippen LogP) is 1.86. The third-order valence-electron chi connectivity index (χ3n) is 5.63. The third kappa shape index (κ3) is 6.34. The van der Waals surface area contributed by atoms with E-state index in [1.165, 1.54) is 11.8 Å². The number of aliphatic carboxylic acids is 1. The predicted molar refractivity (Wildman–Crippen MR) is 126 cm³/mol. The minimum atomic E-state index is -1.39. The molecular formula is C24H27N5O6. The fourth-order valence-corrected chi connectivity index (χ4v) is 3.61. The fourth-order valence-electron chi connectivity index (χ4n) is 3.61. The molecule has 1 saturated heterocycles. The number of hydrazine groups is 1. The summed E-state index contributed by atoms with van der Waals surface area (Å²) in [4.78, 5) is 51.1. The lowest BCUT2D eigenvalue weighted by Crippen LogP contribution is -2.54. The molecule has 11 heteroatoms. The molecule has 3 rings (SSSR count). The Bertz CT molecular complexity index is 1110. The van der Waals surface area contributed by atoms with Gasteiger partial charge in [0.25, 0.3) is 0 Å². The molecule has 0 radical (unpaired) electrons. The first kappa shape index (κ1) is 25.2. The summed E-state index contributed by atoms with van der Waals surface area (Å²) in [6.07, 6.45) is -0.842. The van der Waals surface area contributed by atoms with Crippen molar-refractivity contribution < 1.29 is 29.0 Å². The molecule has 1 fully saturated rings. The number of carbonyl (C=O) groups excluding carboxylic acids is 3. The largest absolute Gasteiger partial charge is 0.480 e. The number of carboxylic acid groups (broad SMARTS) is 1. The number of carbonyl (C=O) groups is 4. The highest BCUT2D eigenvalue weighted by Gasteiger charge is 2.35. The van der Waals surface area contributed by atoms with Gasteiger partial charge in [-0.15, -0.1) is 0 Å². The van der Waals surface area contributed by atoms with Crippen molar-refractivity contribution in [2.45, 2.75) is 32.4 Å². The first-order valence-electron chi connectivity index (χ1n) is 11.0. The SMILES string of the molecule is C[C@@H](C(=O)O)N(NC(=O)CC1CCN(c2ccc(C(=N)N)cc2)C1=O)C(=O)OCc1ccccc1. The van der Waals surface area contributed by atoms with Crippen molar-refractivity contribution in [1.82, 2.24) is 10.4 Å². The smallest absolute Gasteiger partial charge is 0.429 e. The minimum Gasteiger partial charge on any atom is -0.480 e. The summed E-state index contributed by atoms with van der Waals surface area (Å²) in [5.74, 6) is -2.99. The van der Waals surface area contributed by atoms with E-state index in [4.69, 9.17) is 15.9 Å². The molecule has 11 nitrogen and oxygen atoms in total. The molecule has 0 aromatic heterocycles. The average Bonchev–Trinajstić information content (AvgIpc) is 3.20. The van der Waals surface area contributed by atoms with E-state index in [9.17, 15) is 24.3 Å². The Labute approximate surface area is 201 Å². The zero-order valence-corrected chi connectivity index (χ0v) is 19.1. The maximum absolute atomic E-state index is 12.9. The minimum absolute atomic E-state index is 0.0821. The molecule has 0 spiro atoms. The molecule has 1 unspecified atom stereocenters. The van der Waals surface area contributed by atoms with E-state index in [1.807, 2.05) is 0 Å². The number of amides is 3. The number of nitrogens with two attached hydrogens (primary N) is 1. The molecule has 0 bridgehead atoms. The summed E-state index contributed by atoms with van der Waals surface area (Å²) in [6, 6.07) is 14.0. The monoisotopic (exact) mass is 481 g/mol. The molecule has 0 aliphatic carbocycles. The van der Waals surface area contributed by atoms with Crippen LogP contribution in [-0.4, -0.2) is 52.4 Å². The topological polar surface area (TPSA) is 166 Å². The summed E-state index contributed by atoms with van der Waals surface area (Å²) in [6.45, 7) is 1.53. The quantitative estimate of drug-likeness (QED) is 0.254. The summed E-state index contributed by atoms with van der Waals surface area (Å²) < 4.78 is 5.16. The van der Waals surface area contributed by atoms with Gasteiger partial charge >= 0.3 is 12.1 Å². The van der Waals surface area contributed by atoms with Gasteiger partial charge in [0.05, 0.1) is 0 Å². The van der Waals surface area contributed by atoms with Crippen LogP contribution in [-0.2, 0) is 25.7 Å². The van der Waals surface area contributed by atoms with Gasteiger partial charge in [-0.2, -0.15) is 0 Å². The van der Waals surface area contributed by atoms with Crippen molar-refractivity contribution in [3.05, 3.63) is 65.7 Å². The van der Waals surface area contributed by atoms with E-state index < -0.39 is 29.9 Å². The van der Waals surface area contributed by atoms with Crippen LogP contribution in [0.4, 0.5) is 10.5 Å². The van der Waals surface area contributed by atoms with Crippen LogP contribution in [0.3, 0.4) is 0 Å². The molecule has 184 valence electrons. The number of hydrogen-bond donors (Lipinski definition) is 4. The van der Waals surface area contributed by atoms with Crippen molar-refractivity contribution in [2.24, 2.45) is 11.7 Å². The van der Waals surface area contributed by atoms with E-state index in [1.54, 1.807) is 54.6 Å². The maximum atomic E-state index is 12.9. The lowest BCUT2D eigenvalue weighted by atomic mass is 10.0. The number of nitrogens with one attached hydrogen (secondary N) is 2. The van der Waals surface area contributed by atoms with Crippen molar-refractivity contribution in [3.63, 3.8) is 0 Å². The number of amidine groups is 1. The third-order valence-corrected chi connectivity index (χ3v) is 5.63. The number of anilines is 1. The molecule has 1 heterocycles. The number of ether oxygens (including phenoxy) is 1. The van der Waals surface area contributed by atoms with Crippen LogP contribution in [0.25, 0.3) is 0 Å². The zero-order valence-electron chi connectivity index (χ0n) is 19.1. The van der Waals surface area contributed by atoms with Crippen LogP contribution >= 0.6 is 0 Å². The number of nitrogens with zero attached hydrogens (tertiary/aromatic N) is 2. The van der Waals surface area contributed by atoms with Crippen molar-refractivity contribution in [1.29, 1.82) is 5.41 Å². The average molecular weight is 482 g/mol. The van der Waals surface area contributed by atoms with Crippen LogP contribution in [0, 0.1) is 11.3 Å². The molecule has 3 amide bonds. The van der Waals surface area contributed by atoms with Gasteiger partial charge in [-0.25, -0.2) is 14.6 Å². The lowest BCUT2D eigenvalue weighted by molar-refractivity contribution is -0.145. The van der Waals surface area contributed by atoms with Gasteiger partial charge in [0.15, 0.2) is 6.04 Å². The van der Waals surface area contributed by atoms with E-state index >= 15 is 0 Å². The molecule has 2 atom stereocenters. The summed E-state index contributed by atoms with van der Waals surface area (Å²) in [5, 5.41) is 17.4. The van der Waals surface area contributed by atoms with Crippen molar-refractivity contribution >= 4 is 35.4 Å². The molecule has 0 saturated carbocycles. The Morgan fingerprint density at radius 3 is 2.46 bits per heavy atom. The summed E-state index contributed by atoms with van der Waals surface area (Å²) in [7, 11) is 0. The second kappa shape index (κ2) is 11.1. The van der Waals surface area contributed by atoms with Gasteiger partial charge in [-0.05, 0) is 43.2 Å². The normalized spacial score (nSPS) is 15.9. The summed E-state index contributed by atoms with van der Waals surface area (Å²) >= 11 is 0. The van der Waals surface area contributed by atoms with Gasteiger partial charge in [0.1, 0.15) is 12.4 Å². The molecule has 1 aliphatic rings. The number of hydrogen-bond acceptors (Lipinski definition) is 6. The highest BCUT2D eigenvalue weighted by Crippen LogP contribution is 2.27. The highest BCUT2D eigenvalue weighted by atomic mass is 16.6. The maximum Gasteiger partial charge on any atom is 0.429 e. The van der Waals surface area contributed by atoms with Gasteiger partial charge < -0.3 is 20.5 Å². The van der Waals surface area contributed by atoms with Crippen LogP contribution in [0.5, 0.6) is 0 Å². The Balaban J connectivity index is 1.61. The number of carboxylic acids is 1. The van der Waals surface area contributed by atoms with Gasteiger partial charge in [-0.3, -0.25) is 20.4 Å². The van der Waals surface area contributed by atoms with Gasteiger partial charge in [0.2, 0.25) is 11.8 Å². The number of benzene rings is 2. The number of rotatable bonds is 8. The van der Waals surface area contributed by atoms with Crippen molar-refractivity contribution in [2.75, 3.05) is 11.4 Å². The van der Waals surface area contributed by atoms with E-state index in [2.05, 4.69) is 5.43 Å². The van der Waals surface area contributed by atoms with Crippen molar-refractivity contribution in [3.8, 4) is 0 Å². The van der Waals surface area contributed by atoms with Gasteiger partial charge in [-0.1, -0.05) is 30.3 Å². The fraction of sp³-hybridized carbons (Fsp3) is 0.292. The van der Waals surface area contributed by atoms with Gasteiger partial charge in [0, 0.05) is 30.1 Å². The first-order chi connectivity index (χ1) is 16.7. The second-order valence-electron chi connectivity index (χ2n) is 8.10. The van der Waals surface area contributed by atoms with E-state index in [0.29, 0.717) is 34.8 Å². The Morgan fingerprint density at radius 2 is 1.86 bits per heavy atom. The zero-order chi connectivity index (χ0) is 25.5. The van der Waals surface area contributed by atoms with Crippen LogP contribution < -0.4 is 16.1 Å². The standard InChI is InChI=1S/C24H27N5O6/c1-15(23(32)33)29(24(34)35-14-16-5-3-2-4-6-16)27-20(30)13-18-11-12-28(22(18)31)19-9-7-17(8-10-19)21(25)26/h2-10,15,18H,11-14H2,1H3,(H3,25,26)(H,27,30)(H,32,33)/t15-,18?/m0/s1. The first-order valence-corrected chi connectivity index (χ1v) is 11.0. The Morgan fingerprint density at radius 1 is 1.20 bits per heavy atom. The molecule has 2 aromatic rings. The summed E-state index contributed by atoms with van der Waals surface area (Å²) in [5.41, 5.74) is 9.59. The lowest BCUT2D eigenvalue weighted by Gasteiger charge is -2.26. The van der Waals surface area contributed by atoms with E-state index in [0.717, 1.165) is 0 Å². The second-order valence-corrected chi connectivity index (χ2v) is 8.10. The van der Waals surface area contributed by atoms with Crippen LogP contribution in [0.15, 0.2) is 54.6 Å². The Kier molecular flexibility index (Phi) is 8.03. The molecule has 2 aromatic carbocycles. The molecule has 5 N–H and O–H groups in total.